The summed E-state index contributed by atoms with van der Waals surface area (Å²) in [5.41, 5.74) is 0.686. The van der Waals surface area contributed by atoms with Gasteiger partial charge < -0.3 is 14.0 Å². The Labute approximate surface area is 109 Å². The van der Waals surface area contributed by atoms with Crippen LogP contribution in [-0.2, 0) is 15.1 Å². The highest BCUT2D eigenvalue weighted by molar-refractivity contribution is 5.30. The molecule has 0 amide bonds. The second-order valence-electron chi connectivity index (χ2n) is 5.85. The van der Waals surface area contributed by atoms with Crippen molar-refractivity contribution in [2.75, 3.05) is 34.5 Å². The van der Waals surface area contributed by atoms with Crippen LogP contribution in [0.2, 0.25) is 0 Å². The SMILES string of the molecule is CC1(c2ccccc2)OCO/C1=C\C[N+](C)(C)C. The van der Waals surface area contributed by atoms with Gasteiger partial charge in [-0.3, -0.25) is 0 Å². The lowest BCUT2D eigenvalue weighted by atomic mass is 9.93. The molecule has 0 bridgehead atoms. The van der Waals surface area contributed by atoms with Crippen molar-refractivity contribution < 1.29 is 14.0 Å². The van der Waals surface area contributed by atoms with E-state index in [1.54, 1.807) is 0 Å². The zero-order valence-corrected chi connectivity index (χ0v) is 11.6. The Balaban J connectivity index is 2.27. The third-order valence-corrected chi connectivity index (χ3v) is 3.18. The fraction of sp³-hybridized carbons (Fsp3) is 0.467. The number of likely N-dealkylation sites (N-methyl/N-ethyl adjacent to an activating group) is 1. The highest BCUT2D eigenvalue weighted by Gasteiger charge is 2.39. The molecule has 1 aliphatic heterocycles. The van der Waals surface area contributed by atoms with Gasteiger partial charge in [-0.05, 0) is 12.5 Å². The van der Waals surface area contributed by atoms with E-state index in [9.17, 15) is 0 Å². The highest BCUT2D eigenvalue weighted by atomic mass is 16.7. The molecule has 0 saturated carbocycles. The zero-order valence-electron chi connectivity index (χ0n) is 11.6. The summed E-state index contributed by atoms with van der Waals surface area (Å²) in [7, 11) is 6.48. The first-order chi connectivity index (χ1) is 8.42. The van der Waals surface area contributed by atoms with E-state index in [1.165, 1.54) is 0 Å². The number of quaternary nitrogens is 1. The first-order valence-corrected chi connectivity index (χ1v) is 6.25. The summed E-state index contributed by atoms with van der Waals surface area (Å²) in [6.07, 6.45) is 2.14. The van der Waals surface area contributed by atoms with Crippen molar-refractivity contribution in [3.05, 3.63) is 47.7 Å². The molecule has 1 aliphatic rings. The third-order valence-electron chi connectivity index (χ3n) is 3.18. The summed E-state index contributed by atoms with van der Waals surface area (Å²) in [6.45, 7) is 3.31. The van der Waals surface area contributed by atoms with Gasteiger partial charge in [-0.15, -0.1) is 0 Å². The molecule has 1 aromatic carbocycles. The Morgan fingerprint density at radius 3 is 2.50 bits per heavy atom. The normalized spacial score (nSPS) is 26.3. The predicted octanol–water partition coefficient (Wildman–Crippen LogP) is 2.50. The van der Waals surface area contributed by atoms with Crippen LogP contribution in [0.25, 0.3) is 0 Å². The molecular weight excluding hydrogens is 226 g/mol. The van der Waals surface area contributed by atoms with Crippen LogP contribution in [0.4, 0.5) is 0 Å². The van der Waals surface area contributed by atoms with Crippen LogP contribution in [0.3, 0.4) is 0 Å². The number of nitrogens with zero attached hydrogens (tertiary/aromatic N) is 1. The maximum atomic E-state index is 5.81. The molecule has 3 nitrogen and oxygen atoms in total. The van der Waals surface area contributed by atoms with E-state index in [0.29, 0.717) is 6.79 Å². The molecular formula is C15H22NO2+. The number of hydrogen-bond acceptors (Lipinski definition) is 2. The van der Waals surface area contributed by atoms with E-state index in [2.05, 4.69) is 46.3 Å². The third kappa shape index (κ3) is 2.74. The molecule has 1 saturated heterocycles. The van der Waals surface area contributed by atoms with Gasteiger partial charge in [-0.1, -0.05) is 30.3 Å². The van der Waals surface area contributed by atoms with E-state index in [-0.39, 0.29) is 0 Å². The molecule has 18 heavy (non-hydrogen) atoms. The van der Waals surface area contributed by atoms with Crippen LogP contribution in [0.15, 0.2) is 42.2 Å². The monoisotopic (exact) mass is 248 g/mol. The molecule has 0 spiro atoms. The molecule has 0 aromatic heterocycles. The first kappa shape index (κ1) is 13.1. The second kappa shape index (κ2) is 4.75. The Bertz CT molecular complexity index is 434. The van der Waals surface area contributed by atoms with Crippen LogP contribution < -0.4 is 0 Å². The Hall–Kier alpha value is -1.32. The molecule has 1 atom stereocenters. The van der Waals surface area contributed by atoms with Gasteiger partial charge in [0.05, 0.1) is 21.1 Å². The topological polar surface area (TPSA) is 18.5 Å². The second-order valence-corrected chi connectivity index (χ2v) is 5.85. The lowest BCUT2D eigenvalue weighted by molar-refractivity contribution is -0.864. The van der Waals surface area contributed by atoms with Crippen molar-refractivity contribution in [3.63, 3.8) is 0 Å². The van der Waals surface area contributed by atoms with Gasteiger partial charge in [-0.25, -0.2) is 0 Å². The van der Waals surface area contributed by atoms with Crippen molar-refractivity contribution in [1.82, 2.24) is 0 Å². The fourth-order valence-corrected chi connectivity index (χ4v) is 2.01. The Morgan fingerprint density at radius 2 is 1.89 bits per heavy atom. The van der Waals surface area contributed by atoms with Gasteiger partial charge >= 0.3 is 0 Å². The molecule has 1 unspecified atom stereocenters. The minimum atomic E-state index is -0.448. The molecule has 3 heteroatoms. The zero-order chi connectivity index (χ0) is 13.2. The standard InChI is InChI=1S/C15H22NO2/c1-15(13-8-6-5-7-9-13)14(17-12-18-15)10-11-16(2,3)4/h5-10H,11-12H2,1-4H3/q+1/b14-10-. The summed E-state index contributed by atoms with van der Waals surface area (Å²) in [5.74, 6) is 0.918. The maximum absolute atomic E-state index is 5.81. The van der Waals surface area contributed by atoms with Gasteiger partial charge in [0.2, 0.25) is 0 Å². The van der Waals surface area contributed by atoms with Crippen LogP contribution in [0, 0.1) is 0 Å². The van der Waals surface area contributed by atoms with Crippen molar-refractivity contribution in [3.8, 4) is 0 Å². The van der Waals surface area contributed by atoms with Crippen molar-refractivity contribution in [2.24, 2.45) is 0 Å². The van der Waals surface area contributed by atoms with E-state index < -0.39 is 5.60 Å². The largest absolute Gasteiger partial charge is 0.468 e. The van der Waals surface area contributed by atoms with Crippen molar-refractivity contribution in [2.45, 2.75) is 12.5 Å². The number of hydrogen-bond donors (Lipinski definition) is 0. The molecule has 98 valence electrons. The van der Waals surface area contributed by atoms with Crippen LogP contribution in [0.5, 0.6) is 0 Å². The molecule has 1 fully saturated rings. The van der Waals surface area contributed by atoms with Crippen LogP contribution in [-0.4, -0.2) is 39.0 Å². The van der Waals surface area contributed by atoms with Crippen LogP contribution in [0.1, 0.15) is 12.5 Å². The predicted molar refractivity (Wildman–Crippen MR) is 71.8 cm³/mol. The van der Waals surface area contributed by atoms with Crippen molar-refractivity contribution in [1.29, 1.82) is 0 Å². The van der Waals surface area contributed by atoms with E-state index in [0.717, 1.165) is 22.4 Å². The van der Waals surface area contributed by atoms with E-state index >= 15 is 0 Å². The quantitative estimate of drug-likeness (QED) is 0.765. The summed E-state index contributed by atoms with van der Waals surface area (Å²) in [4.78, 5) is 0. The van der Waals surface area contributed by atoms with Gasteiger partial charge in [0, 0.05) is 6.08 Å². The lowest BCUT2D eigenvalue weighted by Crippen LogP contribution is -2.35. The average Bonchev–Trinajstić information content (AvgIpc) is 2.70. The molecule has 1 heterocycles. The summed E-state index contributed by atoms with van der Waals surface area (Å²) in [5, 5.41) is 0. The number of benzene rings is 1. The van der Waals surface area contributed by atoms with Crippen molar-refractivity contribution >= 4 is 0 Å². The minimum Gasteiger partial charge on any atom is -0.468 e. The molecule has 2 rings (SSSR count). The van der Waals surface area contributed by atoms with Crippen LogP contribution >= 0.6 is 0 Å². The molecule has 1 aromatic rings. The van der Waals surface area contributed by atoms with Gasteiger partial charge in [0.15, 0.2) is 12.4 Å². The van der Waals surface area contributed by atoms with E-state index in [4.69, 9.17) is 9.47 Å². The number of rotatable bonds is 3. The fourth-order valence-electron chi connectivity index (χ4n) is 2.01. The highest BCUT2D eigenvalue weighted by Crippen LogP contribution is 2.38. The Kier molecular flexibility index (Phi) is 3.46. The molecule has 0 radical (unpaired) electrons. The maximum Gasteiger partial charge on any atom is 0.190 e. The lowest BCUT2D eigenvalue weighted by Gasteiger charge is -2.25. The summed E-state index contributed by atoms with van der Waals surface area (Å²) < 4.78 is 12.3. The number of ether oxygens (including phenoxy) is 2. The minimum absolute atomic E-state index is 0.328. The average molecular weight is 248 g/mol. The molecule has 0 aliphatic carbocycles. The smallest absolute Gasteiger partial charge is 0.190 e. The Morgan fingerprint density at radius 1 is 1.22 bits per heavy atom. The van der Waals surface area contributed by atoms with E-state index in [1.807, 2.05) is 18.2 Å². The van der Waals surface area contributed by atoms with Gasteiger partial charge in [-0.2, -0.15) is 0 Å². The summed E-state index contributed by atoms with van der Waals surface area (Å²) >= 11 is 0. The van der Waals surface area contributed by atoms with Gasteiger partial charge in [0.1, 0.15) is 12.3 Å². The summed E-state index contributed by atoms with van der Waals surface area (Å²) in [6, 6.07) is 10.2. The first-order valence-electron chi connectivity index (χ1n) is 6.25. The molecule has 0 N–H and O–H groups in total. The van der Waals surface area contributed by atoms with Gasteiger partial charge in [0.25, 0.3) is 0 Å².